The topological polar surface area (TPSA) is 77.5 Å². The minimum absolute atomic E-state index is 0.0162. The van der Waals surface area contributed by atoms with Crippen LogP contribution in [-0.2, 0) is 28.4 Å². The number of hydrogen-bond acceptors (Lipinski definition) is 6. The molecule has 0 saturated carbocycles. The van der Waals surface area contributed by atoms with Gasteiger partial charge in [-0.3, -0.25) is 9.80 Å². The summed E-state index contributed by atoms with van der Waals surface area (Å²) in [6, 6.07) is 2.59. The van der Waals surface area contributed by atoms with Crippen LogP contribution in [0.5, 0.6) is 11.5 Å². The van der Waals surface area contributed by atoms with Crippen LogP contribution in [0.15, 0.2) is 30.3 Å². The first-order valence-electron chi connectivity index (χ1n) is 13.0. The number of benzene rings is 2. The van der Waals surface area contributed by atoms with Gasteiger partial charge < -0.3 is 18.9 Å². The predicted molar refractivity (Wildman–Crippen MR) is 139 cm³/mol. The van der Waals surface area contributed by atoms with E-state index >= 15 is 0 Å². The molecule has 0 spiro atoms. The van der Waals surface area contributed by atoms with Crippen molar-refractivity contribution in [2.24, 2.45) is 0 Å². The van der Waals surface area contributed by atoms with E-state index in [1.165, 1.54) is 24.1 Å². The molecule has 0 aromatic heterocycles. The Kier molecular flexibility index (Phi) is 9.78. The van der Waals surface area contributed by atoms with E-state index in [9.17, 15) is 35.9 Å². The number of fused-ring (bicyclic) bond motifs is 1. The molecule has 1 aliphatic rings. The van der Waals surface area contributed by atoms with E-state index < -0.39 is 59.9 Å². The van der Waals surface area contributed by atoms with Crippen LogP contribution in [0.1, 0.15) is 62.4 Å². The monoisotopic (exact) mass is 606 g/mol. The SMILES string of the molecule is CCOC(=O)N1c2cc(OC(C)C)c(OC)cc2[C@H](N(Cc2cc(C(F)(F)F)cc(C(F)(F)F)c2)C(=O)OC)C[C@@H]1C. The van der Waals surface area contributed by atoms with Crippen molar-refractivity contribution < 1.29 is 54.9 Å². The van der Waals surface area contributed by atoms with Crippen LogP contribution in [0.3, 0.4) is 0 Å². The van der Waals surface area contributed by atoms with Gasteiger partial charge in [0, 0.05) is 24.2 Å². The summed E-state index contributed by atoms with van der Waals surface area (Å²) in [5.41, 5.74) is -2.86. The number of methoxy groups -OCH3 is 2. The third kappa shape index (κ3) is 7.13. The molecule has 3 rings (SSSR count). The standard InChI is InChI=1S/C28H32F6N2O6/c1-7-41-26(38)36-16(4)8-21(20-12-23(39-5)24(13-22(20)36)42-15(2)3)35(25(37)40-6)14-17-9-18(27(29,30)31)11-19(10-17)28(32,33)34/h9-13,15-16,21H,7-8,14H2,1-6H3/t16-,21+/m0/s1. The number of anilines is 1. The Labute approximate surface area is 239 Å². The molecule has 0 unspecified atom stereocenters. The number of alkyl halides is 6. The number of hydrogen-bond donors (Lipinski definition) is 0. The molecule has 0 fully saturated rings. The largest absolute Gasteiger partial charge is 0.493 e. The Morgan fingerprint density at radius 3 is 2.05 bits per heavy atom. The van der Waals surface area contributed by atoms with Crippen molar-refractivity contribution in [1.29, 1.82) is 0 Å². The van der Waals surface area contributed by atoms with Crippen LogP contribution >= 0.6 is 0 Å². The van der Waals surface area contributed by atoms with E-state index in [4.69, 9.17) is 18.9 Å². The lowest BCUT2D eigenvalue weighted by atomic mass is 9.90. The second-order valence-corrected chi connectivity index (χ2v) is 9.91. The van der Waals surface area contributed by atoms with E-state index in [-0.39, 0.29) is 42.4 Å². The number of amides is 2. The molecular weight excluding hydrogens is 574 g/mol. The van der Waals surface area contributed by atoms with Crippen LogP contribution in [0.25, 0.3) is 0 Å². The summed E-state index contributed by atoms with van der Waals surface area (Å²) >= 11 is 0. The highest BCUT2D eigenvalue weighted by Crippen LogP contribution is 2.47. The van der Waals surface area contributed by atoms with Gasteiger partial charge in [0.2, 0.25) is 0 Å². The first-order chi connectivity index (χ1) is 19.5. The van der Waals surface area contributed by atoms with Crippen LogP contribution in [0, 0.1) is 0 Å². The van der Waals surface area contributed by atoms with Gasteiger partial charge in [0.25, 0.3) is 0 Å². The second kappa shape index (κ2) is 12.6. The van der Waals surface area contributed by atoms with E-state index in [0.29, 0.717) is 17.7 Å². The molecule has 2 amide bonds. The fourth-order valence-corrected chi connectivity index (χ4v) is 4.83. The van der Waals surface area contributed by atoms with Gasteiger partial charge >= 0.3 is 24.5 Å². The van der Waals surface area contributed by atoms with Gasteiger partial charge in [-0.2, -0.15) is 26.3 Å². The molecule has 8 nitrogen and oxygen atoms in total. The van der Waals surface area contributed by atoms with Crippen molar-refractivity contribution in [2.45, 2.75) is 71.2 Å². The second-order valence-electron chi connectivity index (χ2n) is 9.91. The summed E-state index contributed by atoms with van der Waals surface area (Å²) in [7, 11) is 2.42. The molecule has 0 radical (unpaired) electrons. The van der Waals surface area contributed by atoms with Gasteiger partial charge in [-0.1, -0.05) is 0 Å². The molecule has 232 valence electrons. The van der Waals surface area contributed by atoms with E-state index in [0.717, 1.165) is 12.0 Å². The Bertz CT molecular complexity index is 1260. The molecule has 0 bridgehead atoms. The quantitative estimate of drug-likeness (QED) is 0.303. The van der Waals surface area contributed by atoms with E-state index in [2.05, 4.69) is 0 Å². The number of carbonyl (C=O) groups is 2. The first kappa shape index (κ1) is 32.7. The lowest BCUT2D eigenvalue weighted by Crippen LogP contribution is -2.47. The Morgan fingerprint density at radius 1 is 0.976 bits per heavy atom. The van der Waals surface area contributed by atoms with Gasteiger partial charge in [0.1, 0.15) is 0 Å². The number of carbonyl (C=O) groups excluding carboxylic acids is 2. The van der Waals surface area contributed by atoms with Crippen LogP contribution in [0.4, 0.5) is 41.6 Å². The molecule has 1 aliphatic heterocycles. The van der Waals surface area contributed by atoms with Crippen molar-refractivity contribution in [3.05, 3.63) is 52.6 Å². The van der Waals surface area contributed by atoms with E-state index in [1.54, 1.807) is 27.7 Å². The molecule has 2 aromatic rings. The fourth-order valence-electron chi connectivity index (χ4n) is 4.83. The number of halogens is 6. The Morgan fingerprint density at radius 2 is 1.57 bits per heavy atom. The maximum atomic E-state index is 13.5. The molecule has 14 heteroatoms. The summed E-state index contributed by atoms with van der Waals surface area (Å²) in [4.78, 5) is 28.4. The molecule has 1 heterocycles. The molecule has 2 atom stereocenters. The van der Waals surface area contributed by atoms with Crippen molar-refractivity contribution >= 4 is 17.9 Å². The van der Waals surface area contributed by atoms with Crippen LogP contribution in [0.2, 0.25) is 0 Å². The van der Waals surface area contributed by atoms with Gasteiger partial charge in [-0.15, -0.1) is 0 Å². The zero-order valence-electron chi connectivity index (χ0n) is 23.9. The van der Waals surface area contributed by atoms with Gasteiger partial charge in [0.05, 0.1) is 49.8 Å². The lowest BCUT2D eigenvalue weighted by molar-refractivity contribution is -0.143. The number of rotatable bonds is 7. The molecule has 0 aliphatic carbocycles. The Hall–Kier alpha value is -3.84. The van der Waals surface area contributed by atoms with Crippen LogP contribution < -0.4 is 14.4 Å². The highest BCUT2D eigenvalue weighted by Gasteiger charge is 2.42. The van der Waals surface area contributed by atoms with Crippen LogP contribution in [-0.4, -0.2) is 50.1 Å². The van der Waals surface area contributed by atoms with Crippen molar-refractivity contribution in [3.8, 4) is 11.5 Å². The third-order valence-electron chi connectivity index (χ3n) is 6.55. The lowest BCUT2D eigenvalue weighted by Gasteiger charge is -2.42. The van der Waals surface area contributed by atoms with E-state index in [1.807, 2.05) is 0 Å². The molecule has 42 heavy (non-hydrogen) atoms. The van der Waals surface area contributed by atoms with Gasteiger partial charge in [-0.25, -0.2) is 9.59 Å². The number of ether oxygens (including phenoxy) is 4. The normalized spacial score (nSPS) is 17.0. The molecule has 0 saturated heterocycles. The maximum Gasteiger partial charge on any atom is 0.416 e. The summed E-state index contributed by atoms with van der Waals surface area (Å²) < 4.78 is 103. The van der Waals surface area contributed by atoms with Crippen molar-refractivity contribution in [3.63, 3.8) is 0 Å². The third-order valence-corrected chi connectivity index (χ3v) is 6.55. The van der Waals surface area contributed by atoms with Gasteiger partial charge in [-0.05, 0) is 63.9 Å². The zero-order valence-corrected chi connectivity index (χ0v) is 23.9. The highest BCUT2D eigenvalue weighted by atomic mass is 19.4. The Balaban J connectivity index is 2.22. The average molecular weight is 607 g/mol. The summed E-state index contributed by atoms with van der Waals surface area (Å²) in [5.74, 6) is 0.500. The predicted octanol–water partition coefficient (Wildman–Crippen LogP) is 7.58. The van der Waals surface area contributed by atoms with Gasteiger partial charge in [0.15, 0.2) is 11.5 Å². The average Bonchev–Trinajstić information content (AvgIpc) is 2.89. The maximum absolute atomic E-state index is 13.5. The zero-order chi connectivity index (χ0) is 31.6. The van der Waals surface area contributed by atoms with Crippen molar-refractivity contribution in [2.75, 3.05) is 25.7 Å². The summed E-state index contributed by atoms with van der Waals surface area (Å²) in [5, 5.41) is 0. The highest BCUT2D eigenvalue weighted by molar-refractivity contribution is 5.91. The molecule has 2 aromatic carbocycles. The fraction of sp³-hybridized carbons (Fsp3) is 0.500. The minimum Gasteiger partial charge on any atom is -0.493 e. The number of nitrogens with zero attached hydrogens (tertiary/aromatic N) is 2. The molecule has 0 N–H and O–H groups in total. The van der Waals surface area contributed by atoms with Crippen molar-refractivity contribution in [1.82, 2.24) is 4.90 Å². The smallest absolute Gasteiger partial charge is 0.416 e. The summed E-state index contributed by atoms with van der Waals surface area (Å²) in [6.07, 6.45) is -12.1. The summed E-state index contributed by atoms with van der Waals surface area (Å²) in [6.45, 7) is 6.25. The minimum atomic E-state index is -5.07. The molecular formula is C28H32F6N2O6. The first-order valence-corrected chi connectivity index (χ1v) is 13.0.